The summed E-state index contributed by atoms with van der Waals surface area (Å²) in [5, 5.41) is 115. The number of rotatable bonds is 1. The molecule has 72 heavy (non-hydrogen) atoms. The number of nitrogens with one attached hydrogen (secondary N) is 1. The third kappa shape index (κ3) is 1.41. The fourth-order valence-electron chi connectivity index (χ4n) is 26.3. The molecular weight excluding hydrogens is 875 g/mol. The van der Waals surface area contributed by atoms with Gasteiger partial charge in [0.2, 0.25) is 0 Å². The minimum absolute atomic E-state index is 0.0139. The van der Waals surface area contributed by atoms with Gasteiger partial charge in [-0.15, -0.1) is 0 Å². The van der Waals surface area contributed by atoms with Crippen LogP contribution in [0.5, 0.6) is 11.5 Å². The van der Waals surface area contributed by atoms with E-state index in [4.69, 9.17) is 0 Å². The van der Waals surface area contributed by atoms with Crippen LogP contribution in [0, 0.1) is 0 Å². The molecule has 5 aliphatic rings. The molecule has 34 rings (SSSR count). The molecule has 1 aliphatic heterocycles. The largest absolute Gasteiger partial charge is 0.508 e. The van der Waals surface area contributed by atoms with Crippen LogP contribution in [-0.4, -0.2) is 16.3 Å². The van der Waals surface area contributed by atoms with Crippen molar-refractivity contribution in [3.63, 3.8) is 0 Å². The molecule has 2 spiro atoms. The van der Waals surface area contributed by atoms with Gasteiger partial charge in [0.15, 0.2) is 0 Å². The van der Waals surface area contributed by atoms with Crippen LogP contribution < -0.4 is 5.32 Å². The summed E-state index contributed by atoms with van der Waals surface area (Å²) in [7, 11) is 0. The second kappa shape index (κ2) is 6.06. The molecular formula is C69H11NO2. The van der Waals surface area contributed by atoms with Crippen molar-refractivity contribution >= 4 is 291 Å². The van der Waals surface area contributed by atoms with E-state index < -0.39 is 10.8 Å². The van der Waals surface area contributed by atoms with Gasteiger partial charge in [0.1, 0.15) is 11.5 Å². The maximum absolute atomic E-state index is 12.6. The smallest absolute Gasteiger partial charge is 0.120 e. The lowest BCUT2D eigenvalue weighted by atomic mass is 9.46. The molecule has 29 aromatic rings. The number of phenols is 2. The first-order chi connectivity index (χ1) is 35.7. The summed E-state index contributed by atoms with van der Waals surface area (Å²) in [4.78, 5) is 0. The summed E-state index contributed by atoms with van der Waals surface area (Å²) in [5.74, 6) is 0.509. The second-order valence-corrected chi connectivity index (χ2v) is 26.4. The summed E-state index contributed by atoms with van der Waals surface area (Å²) in [6.07, 6.45) is 0. The number of benzene rings is 19. The quantitative estimate of drug-likeness (QED) is 0.114. The number of aromatic hydroxyl groups is 2. The Balaban J connectivity index is 1.17. The molecule has 0 saturated carbocycles. The zero-order chi connectivity index (χ0) is 43.2. The monoisotopic (exact) mass is 885 g/mol. The van der Waals surface area contributed by atoms with Gasteiger partial charge in [-0.05, 0) is 338 Å². The van der Waals surface area contributed by atoms with Crippen molar-refractivity contribution in [3.05, 3.63) is 46.0 Å². The van der Waals surface area contributed by atoms with E-state index in [0.717, 1.165) is 5.56 Å². The second-order valence-electron chi connectivity index (χ2n) is 26.4. The minimum Gasteiger partial charge on any atom is -0.508 e. The van der Waals surface area contributed by atoms with Gasteiger partial charge >= 0.3 is 0 Å². The first-order valence-corrected chi connectivity index (χ1v) is 26.7. The Hall–Kier alpha value is -8.76. The third-order valence-corrected chi connectivity index (χ3v) is 26.3. The van der Waals surface area contributed by atoms with Crippen LogP contribution in [0.1, 0.15) is 40.8 Å². The highest BCUT2D eigenvalue weighted by atomic mass is 16.3. The van der Waals surface area contributed by atoms with E-state index in [2.05, 4.69) is 12.2 Å². The van der Waals surface area contributed by atoms with E-state index in [-0.39, 0.29) is 23.6 Å². The lowest BCUT2D eigenvalue weighted by molar-refractivity contribution is 0.333. The SMILES string of the molecule is CC1NC(c2cc(O)ccc2O)C23c4c5c6c7c8c9c(c%10c%11c2c2c4c4c%12c5c5c6c6c8c8c%13c9c9c%10c%10c%11c%11c2c2c4c4c%12c%12c5c5c6c8c6c8c%13c9c9c%10c%10c%11c2c2c4c4c%12c5c6c5c8c9c%10c2c45)C713. The Morgan fingerprint density at radius 3 is 0.694 bits per heavy atom. The molecule has 1 heterocycles. The summed E-state index contributed by atoms with van der Waals surface area (Å²) < 4.78 is 0. The molecule has 1 fully saturated rings. The molecule has 4 aliphatic carbocycles. The molecule has 304 valence electrons. The summed E-state index contributed by atoms with van der Waals surface area (Å²) in [6, 6.07) is 5.14. The molecule has 0 bridgehead atoms. The lowest BCUT2D eigenvalue weighted by Crippen LogP contribution is -2.54. The van der Waals surface area contributed by atoms with Gasteiger partial charge in [0.25, 0.3) is 0 Å². The van der Waals surface area contributed by atoms with Crippen molar-refractivity contribution < 1.29 is 10.2 Å². The molecule has 1 saturated heterocycles. The van der Waals surface area contributed by atoms with Crippen LogP contribution in [0.2, 0.25) is 0 Å². The Kier molecular flexibility index (Phi) is 2.27. The highest BCUT2D eigenvalue weighted by Crippen LogP contribution is 2.87. The van der Waals surface area contributed by atoms with E-state index in [9.17, 15) is 10.2 Å². The fourth-order valence-corrected chi connectivity index (χ4v) is 26.3. The van der Waals surface area contributed by atoms with Crippen molar-refractivity contribution in [1.82, 2.24) is 5.32 Å². The average molecular weight is 886 g/mol. The van der Waals surface area contributed by atoms with E-state index in [0.29, 0.717) is 0 Å². The molecule has 0 amide bonds. The molecule has 0 aromatic heterocycles. The highest BCUT2D eigenvalue weighted by molar-refractivity contribution is 6.82. The molecule has 3 N–H and O–H groups in total. The molecule has 2 unspecified atom stereocenters. The zero-order valence-corrected chi connectivity index (χ0v) is 36.8. The van der Waals surface area contributed by atoms with Crippen LogP contribution in [0.15, 0.2) is 18.2 Å². The molecule has 3 nitrogen and oxygen atoms in total. The van der Waals surface area contributed by atoms with E-state index in [1.165, 1.54) is 0 Å². The van der Waals surface area contributed by atoms with Gasteiger partial charge in [0.05, 0.1) is 16.9 Å². The number of hydrogen-bond donors (Lipinski definition) is 3. The molecule has 0 radical (unpaired) electrons. The predicted molar refractivity (Wildman–Crippen MR) is 299 cm³/mol. The van der Waals surface area contributed by atoms with E-state index in [1.54, 1.807) is 325 Å². The number of hydrogen-bond acceptors (Lipinski definition) is 3. The van der Waals surface area contributed by atoms with Crippen molar-refractivity contribution in [2.75, 3.05) is 0 Å². The molecule has 3 heteroatoms. The summed E-state index contributed by atoms with van der Waals surface area (Å²) in [6.45, 7) is 2.56. The van der Waals surface area contributed by atoms with Crippen molar-refractivity contribution in [1.29, 1.82) is 0 Å². The van der Waals surface area contributed by atoms with Crippen LogP contribution in [-0.2, 0) is 10.8 Å². The van der Waals surface area contributed by atoms with Crippen molar-refractivity contribution in [2.24, 2.45) is 0 Å². The predicted octanol–water partition coefficient (Wildman–Crippen LogP) is 17.4. The van der Waals surface area contributed by atoms with Crippen molar-refractivity contribution in [3.8, 4) is 11.5 Å². The fraction of sp³-hybridized carbons (Fsp3) is 0.0725. The third-order valence-electron chi connectivity index (χ3n) is 26.3. The maximum Gasteiger partial charge on any atom is 0.120 e. The Morgan fingerprint density at radius 1 is 0.278 bits per heavy atom. The highest BCUT2D eigenvalue weighted by Gasteiger charge is 2.77. The minimum atomic E-state index is -0.608. The Bertz CT molecular complexity index is 7320. The van der Waals surface area contributed by atoms with Gasteiger partial charge in [-0.25, -0.2) is 0 Å². The molecule has 2 atom stereocenters. The van der Waals surface area contributed by atoms with Gasteiger partial charge < -0.3 is 15.5 Å². The zero-order valence-electron chi connectivity index (χ0n) is 36.8. The average Bonchev–Trinajstić information content (AvgIpc) is 4.37. The van der Waals surface area contributed by atoms with Crippen molar-refractivity contribution in [2.45, 2.75) is 29.8 Å². The first kappa shape index (κ1) is 27.0. The van der Waals surface area contributed by atoms with Gasteiger partial charge in [-0.1, -0.05) is 0 Å². The van der Waals surface area contributed by atoms with Crippen LogP contribution in [0.4, 0.5) is 0 Å². The van der Waals surface area contributed by atoms with Crippen LogP contribution in [0.3, 0.4) is 0 Å². The summed E-state index contributed by atoms with van der Waals surface area (Å²) in [5.41, 5.74) is 6.14. The van der Waals surface area contributed by atoms with Gasteiger partial charge in [-0.2, -0.15) is 0 Å². The normalized spacial score (nSPS) is 24.3. The van der Waals surface area contributed by atoms with E-state index in [1.807, 2.05) is 6.07 Å². The van der Waals surface area contributed by atoms with Gasteiger partial charge in [0, 0.05) is 11.6 Å². The Labute approximate surface area is 391 Å². The first-order valence-electron chi connectivity index (χ1n) is 26.7. The molecule has 29 aromatic carbocycles. The van der Waals surface area contributed by atoms with Crippen LogP contribution in [0.25, 0.3) is 291 Å². The number of phenolic OH excluding ortho intramolecular Hbond substituents is 2. The summed E-state index contributed by atoms with van der Waals surface area (Å²) >= 11 is 0. The standard InChI is InChI=1S/C69H11NO2/c1-5-68-63-55-47-37-27-19-11-9-10-13-17-15(11)23-31-25(17)35-29-21(13)22-14(10)18-16-12(9)20(19)28-34-24(16)32-26(18)36-30(22)40-39(29)49-43(35)53-45(31)51(41(47)33(23)27)57(63)59(53)65-61(49)62-50(40)44(36)54-46(32)52-42(34)48(38(28)37)56(55)64(68)58(52)60(54)66(62)69(65,68)67(70-5)7-4-6(71)2-3-8(7)72/h2-5,67,70-72H,1H3. The maximum atomic E-state index is 12.6. The van der Waals surface area contributed by atoms with Crippen LogP contribution >= 0.6 is 0 Å². The van der Waals surface area contributed by atoms with E-state index >= 15 is 0 Å². The van der Waals surface area contributed by atoms with Gasteiger partial charge in [-0.3, -0.25) is 0 Å². The Morgan fingerprint density at radius 2 is 0.472 bits per heavy atom. The topological polar surface area (TPSA) is 52.5 Å². The lowest BCUT2D eigenvalue weighted by Gasteiger charge is -2.53.